The summed E-state index contributed by atoms with van der Waals surface area (Å²) in [6.45, 7) is 0. The molecule has 0 radical (unpaired) electrons. The molecule has 0 aliphatic heterocycles. The fourth-order valence-electron chi connectivity index (χ4n) is 2.13. The summed E-state index contributed by atoms with van der Waals surface area (Å²) in [4.78, 5) is 0. The second-order valence-corrected chi connectivity index (χ2v) is 4.08. The number of furan rings is 1. The Morgan fingerprint density at radius 2 is 1.50 bits per heavy atom. The Morgan fingerprint density at radius 1 is 0.833 bits per heavy atom. The Balaban J connectivity index is 2.32. The van der Waals surface area contributed by atoms with Gasteiger partial charge in [0.2, 0.25) is 0 Å². The lowest BCUT2D eigenvalue weighted by atomic mass is 9.77. The van der Waals surface area contributed by atoms with Gasteiger partial charge in [-0.25, -0.2) is 0 Å². The normalized spacial score (nSPS) is 10.8. The molecule has 88 valence electrons. The number of rotatable bonds is 2. The van der Waals surface area contributed by atoms with Gasteiger partial charge >= 0.3 is 7.12 Å². The van der Waals surface area contributed by atoms with Gasteiger partial charge in [-0.05, 0) is 6.07 Å². The molecule has 3 aromatic rings. The number of benzene rings is 2. The molecule has 1 heterocycles. The quantitative estimate of drug-likeness (QED) is 0.669. The predicted molar refractivity (Wildman–Crippen MR) is 71.5 cm³/mol. The van der Waals surface area contributed by atoms with Crippen LogP contribution in [-0.4, -0.2) is 17.2 Å². The van der Waals surface area contributed by atoms with Crippen LogP contribution >= 0.6 is 0 Å². The summed E-state index contributed by atoms with van der Waals surface area (Å²) in [7, 11) is -1.55. The molecule has 0 saturated heterocycles. The molecule has 0 atom stereocenters. The Labute approximate surface area is 104 Å². The van der Waals surface area contributed by atoms with Gasteiger partial charge in [-0.3, -0.25) is 0 Å². The van der Waals surface area contributed by atoms with Crippen LogP contribution in [0.5, 0.6) is 0 Å². The van der Waals surface area contributed by atoms with Crippen molar-refractivity contribution in [3.63, 3.8) is 0 Å². The summed E-state index contributed by atoms with van der Waals surface area (Å²) in [5, 5.41) is 19.8. The molecule has 0 amide bonds. The van der Waals surface area contributed by atoms with Gasteiger partial charge in [-0.1, -0.05) is 48.5 Å². The summed E-state index contributed by atoms with van der Waals surface area (Å²) in [6.07, 6.45) is 0. The summed E-state index contributed by atoms with van der Waals surface area (Å²) in [5.74, 6) is 0.506. The average molecular weight is 238 g/mol. The maximum Gasteiger partial charge on any atom is 0.493 e. The van der Waals surface area contributed by atoms with E-state index in [9.17, 15) is 10.0 Å². The number of hydrogen-bond donors (Lipinski definition) is 2. The molecule has 0 aliphatic rings. The van der Waals surface area contributed by atoms with Crippen molar-refractivity contribution in [2.45, 2.75) is 0 Å². The van der Waals surface area contributed by atoms with Crippen molar-refractivity contribution in [3.8, 4) is 11.3 Å². The number of hydrogen-bond acceptors (Lipinski definition) is 3. The highest BCUT2D eigenvalue weighted by Crippen LogP contribution is 2.25. The van der Waals surface area contributed by atoms with Gasteiger partial charge in [0.05, 0.1) is 0 Å². The largest absolute Gasteiger partial charge is 0.493 e. The first-order valence-electron chi connectivity index (χ1n) is 5.70. The van der Waals surface area contributed by atoms with E-state index in [2.05, 4.69) is 0 Å². The van der Waals surface area contributed by atoms with Crippen LogP contribution in [0.15, 0.2) is 59.0 Å². The maximum atomic E-state index is 9.55. The van der Waals surface area contributed by atoms with Crippen LogP contribution in [0.25, 0.3) is 22.3 Å². The minimum atomic E-state index is -1.55. The minimum absolute atomic E-state index is 0.414. The molecule has 18 heavy (non-hydrogen) atoms. The maximum absolute atomic E-state index is 9.55. The first-order valence-corrected chi connectivity index (χ1v) is 5.70. The second kappa shape index (κ2) is 4.33. The van der Waals surface area contributed by atoms with Crippen molar-refractivity contribution in [3.05, 3.63) is 54.6 Å². The van der Waals surface area contributed by atoms with Gasteiger partial charge < -0.3 is 14.5 Å². The van der Waals surface area contributed by atoms with E-state index in [1.807, 2.05) is 54.6 Å². The fourth-order valence-corrected chi connectivity index (χ4v) is 2.13. The first kappa shape index (κ1) is 11.1. The molecule has 2 aromatic carbocycles. The highest BCUT2D eigenvalue weighted by Gasteiger charge is 2.24. The zero-order chi connectivity index (χ0) is 12.5. The monoisotopic (exact) mass is 238 g/mol. The minimum Gasteiger partial charge on any atom is -0.456 e. The third-order valence-corrected chi connectivity index (χ3v) is 2.93. The van der Waals surface area contributed by atoms with Gasteiger partial charge in [0, 0.05) is 16.4 Å². The van der Waals surface area contributed by atoms with Crippen molar-refractivity contribution in [1.82, 2.24) is 0 Å². The molecule has 3 nitrogen and oxygen atoms in total. The fraction of sp³-hybridized carbons (Fsp3) is 0. The molecule has 0 saturated carbocycles. The zero-order valence-electron chi connectivity index (χ0n) is 9.58. The summed E-state index contributed by atoms with van der Waals surface area (Å²) in [6, 6.07) is 16.8. The Kier molecular flexibility index (Phi) is 2.66. The van der Waals surface area contributed by atoms with E-state index < -0.39 is 7.12 Å². The van der Waals surface area contributed by atoms with E-state index in [0.717, 1.165) is 10.9 Å². The number of fused-ring (bicyclic) bond motifs is 1. The summed E-state index contributed by atoms with van der Waals surface area (Å²) in [5.41, 5.74) is 1.90. The van der Waals surface area contributed by atoms with Gasteiger partial charge in [0.1, 0.15) is 11.3 Å². The van der Waals surface area contributed by atoms with Gasteiger partial charge in [-0.2, -0.15) is 0 Å². The van der Waals surface area contributed by atoms with E-state index in [4.69, 9.17) is 4.42 Å². The van der Waals surface area contributed by atoms with Crippen molar-refractivity contribution >= 4 is 23.6 Å². The van der Waals surface area contributed by atoms with Crippen LogP contribution in [0.1, 0.15) is 0 Å². The van der Waals surface area contributed by atoms with Crippen molar-refractivity contribution in [2.24, 2.45) is 0 Å². The predicted octanol–water partition coefficient (Wildman–Crippen LogP) is 1.78. The third-order valence-electron chi connectivity index (χ3n) is 2.93. The van der Waals surface area contributed by atoms with Crippen LogP contribution in [0.4, 0.5) is 0 Å². The first-order chi connectivity index (χ1) is 8.77. The topological polar surface area (TPSA) is 53.6 Å². The number of para-hydroxylation sites is 1. The molecule has 0 spiro atoms. The van der Waals surface area contributed by atoms with Gasteiger partial charge in [0.25, 0.3) is 0 Å². The van der Waals surface area contributed by atoms with Crippen LogP contribution in [-0.2, 0) is 0 Å². The van der Waals surface area contributed by atoms with Crippen LogP contribution in [0.3, 0.4) is 0 Å². The summed E-state index contributed by atoms with van der Waals surface area (Å²) < 4.78 is 5.73. The molecule has 1 aromatic heterocycles. The lowest BCUT2D eigenvalue weighted by Gasteiger charge is -2.01. The van der Waals surface area contributed by atoms with E-state index in [0.29, 0.717) is 16.8 Å². The molecule has 2 N–H and O–H groups in total. The molecule has 0 fully saturated rings. The van der Waals surface area contributed by atoms with Crippen LogP contribution in [0, 0.1) is 0 Å². The zero-order valence-corrected chi connectivity index (χ0v) is 9.58. The van der Waals surface area contributed by atoms with E-state index >= 15 is 0 Å². The average Bonchev–Trinajstić information content (AvgIpc) is 2.79. The van der Waals surface area contributed by atoms with E-state index in [1.165, 1.54) is 0 Å². The summed E-state index contributed by atoms with van der Waals surface area (Å²) >= 11 is 0. The lowest BCUT2D eigenvalue weighted by molar-refractivity contribution is 0.426. The van der Waals surface area contributed by atoms with Gasteiger partial charge in [-0.15, -0.1) is 0 Å². The molecule has 4 heteroatoms. The SMILES string of the molecule is OB(O)c1c(-c2ccccc2)oc2ccccc12. The Morgan fingerprint density at radius 3 is 2.22 bits per heavy atom. The van der Waals surface area contributed by atoms with Crippen molar-refractivity contribution in [1.29, 1.82) is 0 Å². The standard InChI is InChI=1S/C14H11BO3/c16-15(17)13-11-8-4-5-9-12(11)18-14(13)10-6-2-1-3-7-10/h1-9,16-17H. The van der Waals surface area contributed by atoms with Crippen LogP contribution < -0.4 is 5.46 Å². The van der Waals surface area contributed by atoms with Crippen molar-refractivity contribution < 1.29 is 14.5 Å². The highest BCUT2D eigenvalue weighted by molar-refractivity contribution is 6.63. The molecule has 0 aliphatic carbocycles. The van der Waals surface area contributed by atoms with E-state index in [-0.39, 0.29) is 0 Å². The molecule has 3 rings (SSSR count). The van der Waals surface area contributed by atoms with Crippen molar-refractivity contribution in [2.75, 3.05) is 0 Å². The third kappa shape index (κ3) is 1.72. The molecular formula is C14H11BO3. The van der Waals surface area contributed by atoms with Gasteiger partial charge in [0.15, 0.2) is 0 Å². The van der Waals surface area contributed by atoms with E-state index in [1.54, 1.807) is 0 Å². The van der Waals surface area contributed by atoms with Crippen LogP contribution in [0.2, 0.25) is 0 Å². The Bertz CT molecular complexity index is 674. The lowest BCUT2D eigenvalue weighted by Crippen LogP contribution is -2.30. The molecule has 0 unspecified atom stereocenters. The highest BCUT2D eigenvalue weighted by atomic mass is 16.4. The molecular weight excluding hydrogens is 227 g/mol. The smallest absolute Gasteiger partial charge is 0.456 e. The molecule has 0 bridgehead atoms. The second-order valence-electron chi connectivity index (χ2n) is 4.08. The Hall–Kier alpha value is -2.04.